The first-order valence-corrected chi connectivity index (χ1v) is 11.0. The summed E-state index contributed by atoms with van der Waals surface area (Å²) in [6.07, 6.45) is -4.55. The van der Waals surface area contributed by atoms with Crippen LogP contribution in [-0.2, 0) is 17.4 Å². The number of carbonyl (C=O) groups excluding carboxylic acids is 1. The molecule has 0 unspecified atom stereocenters. The van der Waals surface area contributed by atoms with Crippen LogP contribution in [0.5, 0.6) is 5.75 Å². The second kappa shape index (κ2) is 7.98. The van der Waals surface area contributed by atoms with E-state index < -0.39 is 34.3 Å². The van der Waals surface area contributed by atoms with Crippen molar-refractivity contribution in [3.63, 3.8) is 0 Å². The maximum absolute atomic E-state index is 14.0. The molecule has 172 valence electrons. The Kier molecular flexibility index (Phi) is 5.56. The minimum atomic E-state index is -4.94. The molecule has 4 aromatic rings. The zero-order valence-electron chi connectivity index (χ0n) is 18.3. The molecule has 0 aliphatic carbocycles. The predicted molar refractivity (Wildman–Crippen MR) is 121 cm³/mol. The number of halogens is 3. The van der Waals surface area contributed by atoms with Gasteiger partial charge in [-0.15, -0.1) is 11.3 Å². The van der Waals surface area contributed by atoms with Crippen molar-refractivity contribution in [3.8, 4) is 16.3 Å². The van der Waals surface area contributed by atoms with Gasteiger partial charge in [-0.05, 0) is 51.0 Å². The molecule has 5 nitrogen and oxygen atoms in total. The number of carbonyl (C=O) groups is 1. The van der Waals surface area contributed by atoms with Gasteiger partial charge in [0.1, 0.15) is 21.9 Å². The van der Waals surface area contributed by atoms with Crippen LogP contribution >= 0.6 is 11.3 Å². The molecule has 0 saturated carbocycles. The fourth-order valence-corrected chi connectivity index (χ4v) is 4.27. The van der Waals surface area contributed by atoms with Crippen molar-refractivity contribution in [1.82, 2.24) is 4.98 Å². The predicted octanol–water partition coefficient (Wildman–Crippen LogP) is 6.60. The topological polar surface area (TPSA) is 69.4 Å². The first-order chi connectivity index (χ1) is 15.4. The van der Waals surface area contributed by atoms with Gasteiger partial charge in [0.25, 0.3) is 0 Å². The Morgan fingerprint density at radius 1 is 1.15 bits per heavy atom. The van der Waals surface area contributed by atoms with Crippen molar-refractivity contribution >= 4 is 38.5 Å². The fraction of sp³-hybridized carbons (Fsp3) is 0.292. The fourth-order valence-electron chi connectivity index (χ4n) is 3.26. The highest BCUT2D eigenvalue weighted by Crippen LogP contribution is 2.40. The Balaban J connectivity index is 1.99. The van der Waals surface area contributed by atoms with Gasteiger partial charge in [0, 0.05) is 6.07 Å². The Bertz CT molecular complexity index is 1410. The Hall–Kier alpha value is -3.20. The first-order valence-electron chi connectivity index (χ1n) is 10.2. The number of nitrogens with zero attached hydrogens (tertiary/aromatic N) is 1. The Labute approximate surface area is 190 Å². The molecule has 0 amide bonds. The van der Waals surface area contributed by atoms with E-state index in [1.807, 2.05) is 0 Å². The number of esters is 1. The third-order valence-electron chi connectivity index (χ3n) is 5.03. The number of para-hydroxylation sites is 1. The highest BCUT2D eigenvalue weighted by Gasteiger charge is 2.40. The average Bonchev–Trinajstić information content (AvgIpc) is 3.15. The number of benzene rings is 2. The Morgan fingerprint density at radius 2 is 1.85 bits per heavy atom. The van der Waals surface area contributed by atoms with Gasteiger partial charge < -0.3 is 9.15 Å². The number of thiazole rings is 1. The van der Waals surface area contributed by atoms with Gasteiger partial charge >= 0.3 is 12.1 Å². The molecule has 2 aromatic heterocycles. The maximum Gasteiger partial charge on any atom is 0.450 e. The molecule has 0 saturated heterocycles. The third-order valence-corrected chi connectivity index (χ3v) is 6.09. The van der Waals surface area contributed by atoms with Crippen LogP contribution in [-0.4, -0.2) is 11.0 Å². The van der Waals surface area contributed by atoms with E-state index in [0.29, 0.717) is 22.2 Å². The number of hydrogen-bond acceptors (Lipinski definition) is 6. The molecule has 0 fully saturated rings. The van der Waals surface area contributed by atoms with E-state index >= 15 is 0 Å². The van der Waals surface area contributed by atoms with Crippen molar-refractivity contribution in [1.29, 1.82) is 0 Å². The summed E-state index contributed by atoms with van der Waals surface area (Å²) in [7, 11) is 0. The van der Waals surface area contributed by atoms with Crippen LogP contribution in [0, 0.1) is 5.41 Å². The number of alkyl halides is 3. The lowest BCUT2D eigenvalue weighted by molar-refractivity contribution is -0.152. The summed E-state index contributed by atoms with van der Waals surface area (Å²) in [5, 5.41) is -0.106. The molecular weight excluding hydrogens is 455 g/mol. The lowest BCUT2D eigenvalue weighted by atomic mass is 9.97. The van der Waals surface area contributed by atoms with E-state index in [-0.39, 0.29) is 21.7 Å². The van der Waals surface area contributed by atoms with Crippen LogP contribution in [0.25, 0.3) is 31.8 Å². The van der Waals surface area contributed by atoms with E-state index in [0.717, 1.165) is 11.3 Å². The molecular formula is C24H20F3NO4S. The second-order valence-corrected chi connectivity index (χ2v) is 9.60. The van der Waals surface area contributed by atoms with Crippen molar-refractivity contribution in [2.24, 2.45) is 5.41 Å². The zero-order valence-corrected chi connectivity index (χ0v) is 19.1. The molecule has 0 aliphatic heterocycles. The molecule has 4 rings (SSSR count). The standard InChI is InChI=1S/C24H20F3NO4S/c1-5-12-10-13-16(11-15(12)32-22(30)23(2,3)4)31-20(24(25,26)27)18(19(13)29)21-28-14-8-6-7-9-17(14)33-21/h6-11H,5H2,1-4H3. The van der Waals surface area contributed by atoms with Crippen LogP contribution in [0.15, 0.2) is 45.6 Å². The molecule has 9 heteroatoms. The molecule has 33 heavy (non-hydrogen) atoms. The third kappa shape index (κ3) is 4.25. The van der Waals surface area contributed by atoms with Crippen molar-refractivity contribution in [2.75, 3.05) is 0 Å². The highest BCUT2D eigenvalue weighted by molar-refractivity contribution is 7.21. The molecule has 2 heterocycles. The van der Waals surface area contributed by atoms with Crippen LogP contribution in [0.1, 0.15) is 39.0 Å². The molecule has 0 bridgehead atoms. The number of fused-ring (bicyclic) bond motifs is 2. The van der Waals surface area contributed by atoms with Crippen molar-refractivity contribution in [2.45, 2.75) is 40.3 Å². The van der Waals surface area contributed by atoms with Crippen LogP contribution in [0.2, 0.25) is 0 Å². The second-order valence-electron chi connectivity index (χ2n) is 8.57. The van der Waals surface area contributed by atoms with E-state index in [9.17, 15) is 22.8 Å². The molecule has 0 spiro atoms. The van der Waals surface area contributed by atoms with Crippen LogP contribution in [0.4, 0.5) is 13.2 Å². The Morgan fingerprint density at radius 3 is 2.45 bits per heavy atom. The number of aryl methyl sites for hydroxylation is 1. The van der Waals surface area contributed by atoms with Crippen molar-refractivity contribution in [3.05, 3.63) is 57.9 Å². The molecule has 2 aromatic carbocycles. The largest absolute Gasteiger partial charge is 0.450 e. The molecule has 0 radical (unpaired) electrons. The quantitative estimate of drug-likeness (QED) is 0.247. The van der Waals surface area contributed by atoms with Crippen LogP contribution < -0.4 is 10.2 Å². The smallest absolute Gasteiger partial charge is 0.450 e. The molecule has 0 atom stereocenters. The van der Waals surface area contributed by atoms with Gasteiger partial charge in [-0.25, -0.2) is 4.98 Å². The molecule has 0 aliphatic rings. The van der Waals surface area contributed by atoms with Gasteiger partial charge in [-0.1, -0.05) is 19.1 Å². The van der Waals surface area contributed by atoms with Gasteiger partial charge in [-0.2, -0.15) is 13.2 Å². The summed E-state index contributed by atoms with van der Waals surface area (Å²) < 4.78 is 53.2. The SMILES string of the molecule is CCc1cc2c(=O)c(-c3nc4ccccc4s3)c(C(F)(F)F)oc2cc1OC(=O)C(C)(C)C. The van der Waals surface area contributed by atoms with Crippen LogP contribution in [0.3, 0.4) is 0 Å². The number of hydrogen-bond donors (Lipinski definition) is 0. The monoisotopic (exact) mass is 475 g/mol. The minimum Gasteiger partial charge on any atom is -0.450 e. The van der Waals surface area contributed by atoms with E-state index in [1.165, 1.54) is 12.1 Å². The van der Waals surface area contributed by atoms with E-state index in [4.69, 9.17) is 9.15 Å². The summed E-state index contributed by atoms with van der Waals surface area (Å²) in [5.41, 5.74) is -1.62. The lowest BCUT2D eigenvalue weighted by Crippen LogP contribution is -2.26. The molecule has 0 N–H and O–H groups in total. The van der Waals surface area contributed by atoms with E-state index in [1.54, 1.807) is 52.0 Å². The maximum atomic E-state index is 14.0. The van der Waals surface area contributed by atoms with Gasteiger partial charge in [0.05, 0.1) is 21.0 Å². The lowest BCUT2D eigenvalue weighted by Gasteiger charge is -2.18. The van der Waals surface area contributed by atoms with Gasteiger partial charge in [0.15, 0.2) is 0 Å². The van der Waals surface area contributed by atoms with Gasteiger partial charge in [0.2, 0.25) is 11.2 Å². The summed E-state index contributed by atoms with van der Waals surface area (Å²) >= 11 is 0.987. The van der Waals surface area contributed by atoms with Crippen molar-refractivity contribution < 1.29 is 27.1 Å². The average molecular weight is 475 g/mol. The summed E-state index contributed by atoms with van der Waals surface area (Å²) in [6, 6.07) is 9.44. The summed E-state index contributed by atoms with van der Waals surface area (Å²) in [6.45, 7) is 6.77. The first kappa shape index (κ1) is 23.0. The van der Waals surface area contributed by atoms with E-state index in [2.05, 4.69) is 4.98 Å². The van der Waals surface area contributed by atoms with Gasteiger partial charge in [-0.3, -0.25) is 9.59 Å². The summed E-state index contributed by atoms with van der Waals surface area (Å²) in [4.78, 5) is 29.9. The zero-order chi connectivity index (χ0) is 24.1. The summed E-state index contributed by atoms with van der Waals surface area (Å²) in [5.74, 6) is -1.92. The normalized spacial score (nSPS) is 12.5. The highest BCUT2D eigenvalue weighted by atomic mass is 32.1. The minimum absolute atomic E-state index is 0.0373. The number of aromatic nitrogens is 1. The number of rotatable bonds is 3. The number of ether oxygens (including phenoxy) is 1.